The summed E-state index contributed by atoms with van der Waals surface area (Å²) in [4.78, 5) is 2.08. The highest BCUT2D eigenvalue weighted by Gasteiger charge is 2.29. The molecule has 0 aliphatic heterocycles. The molecule has 22 heavy (non-hydrogen) atoms. The van der Waals surface area contributed by atoms with Gasteiger partial charge in [0, 0.05) is 6.54 Å². The van der Waals surface area contributed by atoms with Crippen LogP contribution in [0.2, 0.25) is 0 Å². The first-order chi connectivity index (χ1) is 10.0. The van der Waals surface area contributed by atoms with Crippen LogP contribution in [0.25, 0.3) is 0 Å². The summed E-state index contributed by atoms with van der Waals surface area (Å²) in [5.74, 6) is -0.234. The number of hydrogen-bond donors (Lipinski definition) is 0. The Morgan fingerprint density at radius 3 is 2.05 bits per heavy atom. The normalized spacial score (nSPS) is 13.5. The number of halogens is 2. The molecule has 2 aromatic carbocycles. The topological polar surface area (TPSA) is 12.5 Å². The van der Waals surface area contributed by atoms with Crippen molar-refractivity contribution in [1.82, 2.24) is 4.90 Å². The second-order valence-corrected chi connectivity index (χ2v) is 5.56. The molecule has 0 N–H and O–H groups in total. The van der Waals surface area contributed by atoms with Gasteiger partial charge in [-0.3, -0.25) is 0 Å². The first-order valence-electron chi connectivity index (χ1n) is 7.12. The van der Waals surface area contributed by atoms with Crippen molar-refractivity contribution < 1.29 is 9.13 Å². The van der Waals surface area contributed by atoms with Crippen LogP contribution in [0.3, 0.4) is 0 Å². The first kappa shape index (κ1) is 18.6. The maximum atomic E-state index is 13.2. The summed E-state index contributed by atoms with van der Waals surface area (Å²) in [7, 11) is 4.03. The van der Waals surface area contributed by atoms with Crippen molar-refractivity contribution in [3.05, 3.63) is 71.5 Å². The summed E-state index contributed by atoms with van der Waals surface area (Å²) in [5.41, 5.74) is 1.44. The van der Waals surface area contributed by atoms with Crippen molar-refractivity contribution in [2.75, 3.05) is 27.2 Å². The lowest BCUT2D eigenvalue weighted by Gasteiger charge is -2.32. The standard InChI is InChI=1S/C18H22FNO.ClH/c1-18(21-14-13-20(2)3,15-7-5-4-6-8-15)16-9-11-17(19)12-10-16;/h4-12H,13-14H2,1-3H3;1H. The Balaban J connectivity index is 0.00000242. The third-order valence-electron chi connectivity index (χ3n) is 3.65. The lowest BCUT2D eigenvalue weighted by molar-refractivity contribution is -0.0102. The van der Waals surface area contributed by atoms with Gasteiger partial charge in [-0.1, -0.05) is 42.5 Å². The lowest BCUT2D eigenvalue weighted by atomic mass is 9.88. The first-order valence-corrected chi connectivity index (χ1v) is 7.12. The Hall–Kier alpha value is -1.42. The molecule has 1 unspecified atom stereocenters. The molecule has 4 heteroatoms. The van der Waals surface area contributed by atoms with Crippen molar-refractivity contribution in [1.29, 1.82) is 0 Å². The summed E-state index contributed by atoms with van der Waals surface area (Å²) >= 11 is 0. The van der Waals surface area contributed by atoms with E-state index in [0.29, 0.717) is 6.61 Å². The van der Waals surface area contributed by atoms with Gasteiger partial charge in [-0.2, -0.15) is 0 Å². The molecule has 0 aliphatic carbocycles. The molecule has 0 spiro atoms. The highest BCUT2D eigenvalue weighted by Crippen LogP contribution is 2.33. The largest absolute Gasteiger partial charge is 0.365 e. The van der Waals surface area contributed by atoms with Crippen LogP contribution in [-0.2, 0) is 10.3 Å². The molecule has 0 saturated carbocycles. The molecule has 0 bridgehead atoms. The molecule has 0 amide bonds. The second-order valence-electron chi connectivity index (χ2n) is 5.56. The third kappa shape index (κ3) is 4.54. The SMILES string of the molecule is CN(C)CCOC(C)(c1ccccc1)c1ccc(F)cc1.Cl. The number of likely N-dealkylation sites (N-methyl/N-ethyl adjacent to an activating group) is 1. The Labute approximate surface area is 138 Å². The van der Waals surface area contributed by atoms with E-state index in [1.165, 1.54) is 12.1 Å². The summed E-state index contributed by atoms with van der Waals surface area (Å²) in [6.45, 7) is 3.48. The minimum Gasteiger partial charge on any atom is -0.365 e. The molecule has 2 aromatic rings. The zero-order chi connectivity index (χ0) is 15.3. The molecule has 0 saturated heterocycles. The van der Waals surface area contributed by atoms with E-state index in [-0.39, 0.29) is 18.2 Å². The summed E-state index contributed by atoms with van der Waals surface area (Å²) < 4.78 is 19.4. The summed E-state index contributed by atoms with van der Waals surface area (Å²) in [5, 5.41) is 0. The van der Waals surface area contributed by atoms with Gasteiger partial charge < -0.3 is 9.64 Å². The third-order valence-corrected chi connectivity index (χ3v) is 3.65. The molecule has 0 fully saturated rings. The number of nitrogens with zero attached hydrogens (tertiary/aromatic N) is 1. The Morgan fingerprint density at radius 1 is 0.955 bits per heavy atom. The van der Waals surface area contributed by atoms with Crippen LogP contribution in [0, 0.1) is 5.82 Å². The average molecular weight is 324 g/mol. The van der Waals surface area contributed by atoms with E-state index in [1.54, 1.807) is 12.1 Å². The Kier molecular flexibility index (Phi) is 7.01. The predicted molar refractivity (Wildman–Crippen MR) is 91.1 cm³/mol. The van der Waals surface area contributed by atoms with Crippen LogP contribution in [0.1, 0.15) is 18.1 Å². The van der Waals surface area contributed by atoms with Crippen molar-refractivity contribution in [3.8, 4) is 0 Å². The lowest BCUT2D eigenvalue weighted by Crippen LogP contribution is -2.31. The highest BCUT2D eigenvalue weighted by molar-refractivity contribution is 5.85. The molecular weight excluding hydrogens is 301 g/mol. The fourth-order valence-electron chi connectivity index (χ4n) is 2.29. The van der Waals surface area contributed by atoms with E-state index in [9.17, 15) is 4.39 Å². The quantitative estimate of drug-likeness (QED) is 0.794. The van der Waals surface area contributed by atoms with E-state index >= 15 is 0 Å². The maximum absolute atomic E-state index is 13.2. The van der Waals surface area contributed by atoms with Crippen LogP contribution < -0.4 is 0 Å². The number of benzene rings is 2. The van der Waals surface area contributed by atoms with Gasteiger partial charge in [-0.25, -0.2) is 4.39 Å². The van der Waals surface area contributed by atoms with Gasteiger partial charge in [-0.05, 0) is 44.3 Å². The summed E-state index contributed by atoms with van der Waals surface area (Å²) in [6, 6.07) is 16.6. The van der Waals surface area contributed by atoms with Crippen molar-refractivity contribution >= 4 is 12.4 Å². The average Bonchev–Trinajstić information content (AvgIpc) is 2.48. The van der Waals surface area contributed by atoms with Gasteiger partial charge in [0.15, 0.2) is 0 Å². The smallest absolute Gasteiger partial charge is 0.123 e. The number of ether oxygens (including phenoxy) is 1. The minimum absolute atomic E-state index is 0. The van der Waals surface area contributed by atoms with E-state index < -0.39 is 5.60 Å². The molecule has 0 aromatic heterocycles. The van der Waals surface area contributed by atoms with Crippen LogP contribution in [0.5, 0.6) is 0 Å². The van der Waals surface area contributed by atoms with Crippen LogP contribution in [0.15, 0.2) is 54.6 Å². The summed E-state index contributed by atoms with van der Waals surface area (Å²) in [6.07, 6.45) is 0. The highest BCUT2D eigenvalue weighted by atomic mass is 35.5. The fraction of sp³-hybridized carbons (Fsp3) is 0.333. The van der Waals surface area contributed by atoms with Crippen molar-refractivity contribution in [2.45, 2.75) is 12.5 Å². The fourth-order valence-corrected chi connectivity index (χ4v) is 2.29. The Morgan fingerprint density at radius 2 is 1.50 bits per heavy atom. The molecular formula is C18H23ClFNO. The zero-order valence-electron chi connectivity index (χ0n) is 13.3. The van der Waals surface area contributed by atoms with Gasteiger partial charge in [0.25, 0.3) is 0 Å². The molecule has 0 radical (unpaired) electrons. The van der Waals surface area contributed by atoms with Gasteiger partial charge >= 0.3 is 0 Å². The molecule has 120 valence electrons. The molecule has 2 nitrogen and oxygen atoms in total. The van der Waals surface area contributed by atoms with Gasteiger partial charge in [0.1, 0.15) is 11.4 Å². The van der Waals surface area contributed by atoms with Gasteiger partial charge in [0.05, 0.1) is 6.61 Å². The zero-order valence-corrected chi connectivity index (χ0v) is 14.1. The monoisotopic (exact) mass is 323 g/mol. The van der Waals surface area contributed by atoms with E-state index in [4.69, 9.17) is 4.74 Å². The van der Waals surface area contributed by atoms with Gasteiger partial charge in [-0.15, -0.1) is 12.4 Å². The molecule has 0 heterocycles. The maximum Gasteiger partial charge on any atom is 0.123 e. The van der Waals surface area contributed by atoms with Crippen molar-refractivity contribution in [2.24, 2.45) is 0 Å². The van der Waals surface area contributed by atoms with E-state index in [1.807, 2.05) is 51.4 Å². The van der Waals surface area contributed by atoms with E-state index in [0.717, 1.165) is 17.7 Å². The number of hydrogen-bond acceptors (Lipinski definition) is 2. The van der Waals surface area contributed by atoms with Crippen LogP contribution in [0.4, 0.5) is 4.39 Å². The van der Waals surface area contributed by atoms with Crippen LogP contribution >= 0.6 is 12.4 Å². The minimum atomic E-state index is -0.578. The molecule has 2 rings (SSSR count). The second kappa shape index (κ2) is 8.28. The Bertz CT molecular complexity index is 559. The molecule has 1 atom stereocenters. The molecule has 0 aliphatic rings. The predicted octanol–water partition coefficient (Wildman–Crippen LogP) is 4.09. The van der Waals surface area contributed by atoms with Gasteiger partial charge in [0.2, 0.25) is 0 Å². The van der Waals surface area contributed by atoms with Crippen LogP contribution in [-0.4, -0.2) is 32.1 Å². The van der Waals surface area contributed by atoms with E-state index in [2.05, 4.69) is 4.90 Å². The van der Waals surface area contributed by atoms with Crippen molar-refractivity contribution in [3.63, 3.8) is 0 Å². The number of rotatable bonds is 6.